The molecule has 1 fully saturated rings. The number of nitrogens with two attached hydrogens (primary N) is 1. The lowest BCUT2D eigenvalue weighted by atomic mass is 9.91. The van der Waals surface area contributed by atoms with Gasteiger partial charge in [0.05, 0.1) is 12.6 Å². The van der Waals surface area contributed by atoms with Crippen LogP contribution in [0.2, 0.25) is 0 Å². The first-order chi connectivity index (χ1) is 14.9. The van der Waals surface area contributed by atoms with Crippen LogP contribution < -0.4 is 16.4 Å². The zero-order valence-corrected chi connectivity index (χ0v) is 19.4. The first-order valence-electron chi connectivity index (χ1n) is 11.3. The zero-order chi connectivity index (χ0) is 22.4. The molecule has 1 aromatic rings. The van der Waals surface area contributed by atoms with Crippen LogP contribution in [0.4, 0.5) is 0 Å². The third kappa shape index (κ3) is 6.22. The Labute approximate surface area is 190 Å². The second-order valence-corrected chi connectivity index (χ2v) is 9.14. The molecule has 1 unspecified atom stereocenters. The van der Waals surface area contributed by atoms with Crippen molar-refractivity contribution in [2.24, 2.45) is 11.7 Å². The van der Waals surface area contributed by atoms with Gasteiger partial charge in [0, 0.05) is 43.9 Å². The quantitative estimate of drug-likeness (QED) is 0.316. The van der Waals surface area contributed by atoms with E-state index in [1.54, 1.807) is 0 Å². The lowest BCUT2D eigenvalue weighted by Crippen LogP contribution is -2.57. The van der Waals surface area contributed by atoms with Gasteiger partial charge in [0.15, 0.2) is 0 Å². The number of carbonyl (C=O) groups is 2. The number of nitrogens with zero attached hydrogens (tertiary/aromatic N) is 1. The first-order valence-corrected chi connectivity index (χ1v) is 11.9. The maximum atomic E-state index is 13.2. The molecule has 2 heterocycles. The first kappa shape index (κ1) is 24.0. The molecule has 1 saturated heterocycles. The van der Waals surface area contributed by atoms with E-state index >= 15 is 0 Å². The average Bonchev–Trinajstić information content (AvgIpc) is 3.19. The Hall–Kier alpha value is -1.61. The van der Waals surface area contributed by atoms with Gasteiger partial charge in [-0.05, 0) is 23.5 Å². The number of cyclic esters (lactones) is 1. The summed E-state index contributed by atoms with van der Waals surface area (Å²) in [6, 6.07) is 7.61. The van der Waals surface area contributed by atoms with E-state index in [4.69, 9.17) is 10.5 Å². The van der Waals surface area contributed by atoms with Crippen molar-refractivity contribution in [2.45, 2.75) is 63.8 Å². The second-order valence-electron chi connectivity index (χ2n) is 8.78. The van der Waals surface area contributed by atoms with Gasteiger partial charge in [0.2, 0.25) is 5.91 Å². The number of nitrogens with one attached hydrogen (secondary N) is 2. The van der Waals surface area contributed by atoms with E-state index in [2.05, 4.69) is 54.1 Å². The van der Waals surface area contributed by atoms with E-state index in [0.29, 0.717) is 44.2 Å². The highest BCUT2D eigenvalue weighted by atomic mass is 32.1. The number of esters is 1. The summed E-state index contributed by atoms with van der Waals surface area (Å²) in [5.74, 6) is 0.613. The lowest BCUT2D eigenvalue weighted by Gasteiger charge is -2.40. The topological polar surface area (TPSA) is 96.7 Å². The molecular weight excluding hydrogens is 412 g/mol. The summed E-state index contributed by atoms with van der Waals surface area (Å²) in [6.45, 7) is 6.90. The number of hydrogen-bond acceptors (Lipinski definition) is 7. The normalized spacial score (nSPS) is 24.2. The van der Waals surface area contributed by atoms with Crippen LogP contribution in [0.1, 0.15) is 37.8 Å². The van der Waals surface area contributed by atoms with Crippen molar-refractivity contribution >= 4 is 24.5 Å². The minimum atomic E-state index is -0.539. The van der Waals surface area contributed by atoms with Crippen LogP contribution in [0.15, 0.2) is 24.3 Å². The van der Waals surface area contributed by atoms with E-state index in [0.717, 1.165) is 13.0 Å². The van der Waals surface area contributed by atoms with Gasteiger partial charge in [-0.3, -0.25) is 9.69 Å². The smallest absolute Gasteiger partial charge is 0.328 e. The minimum Gasteiger partial charge on any atom is -0.464 e. The number of fused-ring (bicyclic) bond motifs is 1. The van der Waals surface area contributed by atoms with Crippen molar-refractivity contribution in [3.05, 3.63) is 35.4 Å². The highest BCUT2D eigenvalue weighted by Crippen LogP contribution is 2.25. The van der Waals surface area contributed by atoms with E-state index in [1.807, 2.05) is 12.1 Å². The summed E-state index contributed by atoms with van der Waals surface area (Å²) in [5.41, 5.74) is 8.52. The SMILES string of the molecule is CC[C@H](C)[C@@H](CN1Cc2ccccc2CC1C(=O)N[C@H]1CCOC1=O)NC[C@@H](N)CS. The lowest BCUT2D eigenvalue weighted by molar-refractivity contribution is -0.142. The molecule has 0 aromatic heterocycles. The fourth-order valence-electron chi connectivity index (χ4n) is 4.27. The van der Waals surface area contributed by atoms with Crippen molar-refractivity contribution in [2.75, 3.05) is 25.4 Å². The number of hydrogen-bond donors (Lipinski definition) is 4. The number of rotatable bonds is 10. The maximum Gasteiger partial charge on any atom is 0.328 e. The summed E-state index contributed by atoms with van der Waals surface area (Å²) in [4.78, 5) is 27.4. The van der Waals surface area contributed by atoms with Crippen molar-refractivity contribution in [1.82, 2.24) is 15.5 Å². The van der Waals surface area contributed by atoms with Crippen LogP contribution in [0.25, 0.3) is 0 Å². The van der Waals surface area contributed by atoms with Crippen LogP contribution in [-0.2, 0) is 27.3 Å². The van der Waals surface area contributed by atoms with Gasteiger partial charge in [-0.2, -0.15) is 12.6 Å². The molecule has 2 aliphatic rings. The molecule has 172 valence electrons. The van der Waals surface area contributed by atoms with Crippen LogP contribution >= 0.6 is 12.6 Å². The summed E-state index contributed by atoms with van der Waals surface area (Å²) >= 11 is 4.29. The van der Waals surface area contributed by atoms with Gasteiger partial charge < -0.3 is 21.1 Å². The van der Waals surface area contributed by atoms with Crippen LogP contribution in [-0.4, -0.2) is 66.4 Å². The number of benzene rings is 1. The molecule has 0 spiro atoms. The Balaban J connectivity index is 1.77. The molecule has 31 heavy (non-hydrogen) atoms. The van der Waals surface area contributed by atoms with Crippen LogP contribution in [0.5, 0.6) is 0 Å². The Bertz CT molecular complexity index is 762. The fraction of sp³-hybridized carbons (Fsp3) is 0.652. The second kappa shape index (κ2) is 11.3. The molecular formula is C23H36N4O3S. The molecule has 0 radical (unpaired) electrons. The molecule has 3 rings (SSSR count). The van der Waals surface area contributed by atoms with E-state index in [9.17, 15) is 9.59 Å². The standard InChI is InChI=1S/C23H36N4O3S/c1-3-15(2)20(25-11-18(24)14-31)13-27-12-17-7-5-4-6-16(17)10-21(27)22(28)26-19-8-9-30-23(19)29/h4-7,15,18-21,25,31H,3,8-14,24H2,1-2H3,(H,26,28)/t15-,18+,19-,20+,21?/m0/s1. The van der Waals surface area contributed by atoms with E-state index in [-0.39, 0.29) is 30.0 Å². The molecule has 0 bridgehead atoms. The molecule has 0 aliphatic carbocycles. The van der Waals surface area contributed by atoms with Gasteiger partial charge in [0.25, 0.3) is 0 Å². The number of amides is 1. The van der Waals surface area contributed by atoms with Gasteiger partial charge >= 0.3 is 5.97 Å². The fourth-order valence-corrected chi connectivity index (χ4v) is 4.40. The highest BCUT2D eigenvalue weighted by Gasteiger charge is 2.36. The van der Waals surface area contributed by atoms with Gasteiger partial charge in [-0.25, -0.2) is 4.79 Å². The zero-order valence-electron chi connectivity index (χ0n) is 18.5. The van der Waals surface area contributed by atoms with Crippen molar-refractivity contribution in [3.8, 4) is 0 Å². The predicted octanol–water partition coefficient (Wildman–Crippen LogP) is 1.11. The van der Waals surface area contributed by atoms with Crippen molar-refractivity contribution in [3.63, 3.8) is 0 Å². The largest absolute Gasteiger partial charge is 0.464 e. The Morgan fingerprint density at radius 1 is 1.35 bits per heavy atom. The van der Waals surface area contributed by atoms with Gasteiger partial charge in [0.1, 0.15) is 6.04 Å². The minimum absolute atomic E-state index is 0.00977. The Morgan fingerprint density at radius 3 is 2.74 bits per heavy atom. The molecule has 1 amide bonds. The predicted molar refractivity (Wildman–Crippen MR) is 125 cm³/mol. The Morgan fingerprint density at radius 2 is 2.10 bits per heavy atom. The average molecular weight is 449 g/mol. The summed E-state index contributed by atoms with van der Waals surface area (Å²) < 4.78 is 5.02. The molecule has 0 saturated carbocycles. The highest BCUT2D eigenvalue weighted by molar-refractivity contribution is 7.80. The number of thiol groups is 1. The Kier molecular flexibility index (Phi) is 8.77. The van der Waals surface area contributed by atoms with Crippen molar-refractivity contribution in [1.29, 1.82) is 0 Å². The monoisotopic (exact) mass is 448 g/mol. The third-order valence-corrected chi connectivity index (χ3v) is 7.01. The third-order valence-electron chi connectivity index (χ3n) is 6.54. The van der Waals surface area contributed by atoms with Crippen molar-refractivity contribution < 1.29 is 14.3 Å². The summed E-state index contributed by atoms with van der Waals surface area (Å²) in [6.07, 6.45) is 2.20. The van der Waals surface area contributed by atoms with Gasteiger partial charge in [-0.1, -0.05) is 44.5 Å². The molecule has 1 aromatic carbocycles. The molecule has 2 aliphatic heterocycles. The molecule has 4 N–H and O–H groups in total. The summed E-state index contributed by atoms with van der Waals surface area (Å²) in [5, 5.41) is 6.54. The van der Waals surface area contributed by atoms with E-state index < -0.39 is 6.04 Å². The number of carbonyl (C=O) groups excluding carboxylic acids is 2. The van der Waals surface area contributed by atoms with Crippen LogP contribution in [0, 0.1) is 5.92 Å². The molecule has 5 atom stereocenters. The number of ether oxygens (including phenoxy) is 1. The molecule has 8 heteroatoms. The maximum absolute atomic E-state index is 13.2. The molecule has 7 nitrogen and oxygen atoms in total. The van der Waals surface area contributed by atoms with E-state index in [1.165, 1.54) is 11.1 Å². The van der Waals surface area contributed by atoms with Crippen LogP contribution in [0.3, 0.4) is 0 Å². The van der Waals surface area contributed by atoms with Gasteiger partial charge in [-0.15, -0.1) is 0 Å². The summed E-state index contributed by atoms with van der Waals surface area (Å²) in [7, 11) is 0.